The maximum Gasteiger partial charge on any atom is 0.225 e. The van der Waals surface area contributed by atoms with E-state index in [-0.39, 0.29) is 51.4 Å². The molecule has 0 aromatic carbocycles. The van der Waals surface area contributed by atoms with Crippen LogP contribution in [0.25, 0.3) is 0 Å². The average molecular weight is 596 g/mol. The number of hydrogen-bond acceptors (Lipinski definition) is 9. The van der Waals surface area contributed by atoms with E-state index in [4.69, 9.17) is 36.0 Å². The highest BCUT2D eigenvalue weighted by atomic mass is 35.5. The highest BCUT2D eigenvalue weighted by molar-refractivity contribution is 6.28. The summed E-state index contributed by atoms with van der Waals surface area (Å²) in [4.78, 5) is 20.0. The van der Waals surface area contributed by atoms with Gasteiger partial charge >= 0.3 is 0 Å². The van der Waals surface area contributed by atoms with Crippen LogP contribution in [0.2, 0.25) is 5.28 Å². The van der Waals surface area contributed by atoms with E-state index in [1.165, 1.54) is 0 Å². The number of piperidine rings is 2. The molecule has 0 bridgehead atoms. The molecule has 1 aromatic heterocycles. The van der Waals surface area contributed by atoms with Gasteiger partial charge in [-0.2, -0.15) is 0 Å². The highest BCUT2D eigenvalue weighted by Gasteiger charge is 2.54. The number of likely N-dealkylation sites (N-methyl/N-ethyl adjacent to an activating group) is 2. The van der Waals surface area contributed by atoms with Gasteiger partial charge in [-0.05, 0) is 120 Å². The third kappa shape index (κ3) is 7.41. The molecule has 236 valence electrons. The topological polar surface area (TPSA) is 87.7 Å². The number of aromatic nitrogens is 3. The molecular formula is C31H58ClN7O2. The molecule has 2 aliphatic heterocycles. The molecule has 10 heteroatoms. The first-order valence-corrected chi connectivity index (χ1v) is 15.7. The van der Waals surface area contributed by atoms with Gasteiger partial charge in [0.05, 0.1) is 11.8 Å². The standard InChI is InChI=1S/C31H58ClN7O2/c1-28(2)19-21(33-15-13-17-40-11)23(30(5,6)38(28)9)25-35-26(37-27(32)36-25)24-22(34-16-14-18-41-12)20-29(3,4)39(10)31(24,7)8/h21-24,33-34H,13-20H2,1-12H3. The first-order valence-electron chi connectivity index (χ1n) is 15.3. The van der Waals surface area contributed by atoms with E-state index in [1.807, 2.05) is 0 Å². The SMILES string of the molecule is COCCCNC1CC(C)(C)N(C)C(C)(C)C1c1nc(Cl)nc(C2C(NCCCOC)CC(C)(C)N(C)C2(C)C)n1. The molecule has 2 saturated heterocycles. The Morgan fingerprint density at radius 2 is 1.07 bits per heavy atom. The number of methoxy groups -OCH3 is 2. The van der Waals surface area contributed by atoms with Crippen molar-refractivity contribution in [3.63, 3.8) is 0 Å². The Bertz CT molecular complexity index is 928. The maximum absolute atomic E-state index is 6.78. The summed E-state index contributed by atoms with van der Waals surface area (Å²) in [6.45, 7) is 21.7. The Labute approximate surface area is 254 Å². The fourth-order valence-corrected chi connectivity index (χ4v) is 7.76. The minimum absolute atomic E-state index is 0.00938. The predicted molar refractivity (Wildman–Crippen MR) is 168 cm³/mol. The fourth-order valence-electron chi connectivity index (χ4n) is 7.59. The lowest BCUT2D eigenvalue weighted by molar-refractivity contribution is -0.0413. The largest absolute Gasteiger partial charge is 0.385 e. The summed E-state index contributed by atoms with van der Waals surface area (Å²) in [5, 5.41) is 7.98. The van der Waals surface area contributed by atoms with Gasteiger partial charge in [-0.3, -0.25) is 9.80 Å². The van der Waals surface area contributed by atoms with Crippen LogP contribution in [-0.2, 0) is 9.47 Å². The maximum atomic E-state index is 6.78. The van der Waals surface area contributed by atoms with Gasteiger partial charge in [0.25, 0.3) is 0 Å². The Morgan fingerprint density at radius 3 is 1.41 bits per heavy atom. The Morgan fingerprint density at radius 1 is 0.707 bits per heavy atom. The highest BCUT2D eigenvalue weighted by Crippen LogP contribution is 2.48. The van der Waals surface area contributed by atoms with Gasteiger partial charge in [0.2, 0.25) is 5.28 Å². The lowest BCUT2D eigenvalue weighted by Gasteiger charge is -2.58. The zero-order valence-electron chi connectivity index (χ0n) is 27.9. The fraction of sp³-hybridized carbons (Fsp3) is 0.903. The molecule has 0 aliphatic carbocycles. The molecule has 2 fully saturated rings. The third-order valence-corrected chi connectivity index (χ3v) is 10.5. The van der Waals surface area contributed by atoms with Gasteiger partial charge in [0.1, 0.15) is 11.6 Å². The van der Waals surface area contributed by atoms with Crippen LogP contribution in [0, 0.1) is 0 Å². The van der Waals surface area contributed by atoms with E-state index in [2.05, 4.69) is 89.9 Å². The predicted octanol–water partition coefficient (Wildman–Crippen LogP) is 4.47. The van der Waals surface area contributed by atoms with Crippen molar-refractivity contribution in [1.82, 2.24) is 35.4 Å². The molecule has 1 aromatic rings. The van der Waals surface area contributed by atoms with Crippen LogP contribution in [0.1, 0.15) is 105 Å². The van der Waals surface area contributed by atoms with E-state index in [0.29, 0.717) is 0 Å². The van der Waals surface area contributed by atoms with Crippen molar-refractivity contribution >= 4 is 11.6 Å². The molecule has 9 nitrogen and oxygen atoms in total. The summed E-state index contributed by atoms with van der Waals surface area (Å²) in [5.41, 5.74) is -0.423. The van der Waals surface area contributed by atoms with Crippen molar-refractivity contribution < 1.29 is 9.47 Å². The lowest BCUT2D eigenvalue weighted by Crippen LogP contribution is -2.67. The number of hydrogen-bond donors (Lipinski definition) is 2. The number of rotatable bonds is 12. The van der Waals surface area contributed by atoms with Gasteiger partial charge in [0, 0.05) is 61.7 Å². The summed E-state index contributed by atoms with van der Waals surface area (Å²) < 4.78 is 10.6. The second-order valence-electron chi connectivity index (χ2n) is 14.5. The second kappa shape index (κ2) is 13.4. The van der Waals surface area contributed by atoms with Crippen LogP contribution in [0.5, 0.6) is 0 Å². The van der Waals surface area contributed by atoms with Crippen molar-refractivity contribution in [1.29, 1.82) is 0 Å². The smallest absolute Gasteiger partial charge is 0.225 e. The molecule has 4 unspecified atom stereocenters. The minimum atomic E-state index is -0.221. The summed E-state index contributed by atoms with van der Waals surface area (Å²) in [5.74, 6) is 1.60. The van der Waals surface area contributed by atoms with E-state index in [0.717, 1.165) is 63.6 Å². The van der Waals surface area contributed by atoms with Crippen LogP contribution in [-0.4, -0.2) is 114 Å². The monoisotopic (exact) mass is 595 g/mol. The van der Waals surface area contributed by atoms with E-state index in [9.17, 15) is 0 Å². The van der Waals surface area contributed by atoms with Crippen LogP contribution < -0.4 is 10.6 Å². The first-order chi connectivity index (χ1) is 19.0. The van der Waals surface area contributed by atoms with Crippen molar-refractivity contribution in [3.05, 3.63) is 16.9 Å². The summed E-state index contributed by atoms with van der Waals surface area (Å²) in [6.07, 6.45) is 3.85. The number of ether oxygens (including phenoxy) is 2. The number of nitrogens with one attached hydrogen (secondary N) is 2. The van der Waals surface area contributed by atoms with E-state index >= 15 is 0 Å². The molecular weight excluding hydrogens is 538 g/mol. The second-order valence-corrected chi connectivity index (χ2v) is 14.9. The van der Waals surface area contributed by atoms with Crippen molar-refractivity contribution in [2.45, 2.75) is 127 Å². The molecule has 4 atom stereocenters. The molecule has 41 heavy (non-hydrogen) atoms. The Kier molecular flexibility index (Phi) is 11.3. The summed E-state index contributed by atoms with van der Waals surface area (Å²) in [6, 6.07) is 0.367. The zero-order valence-corrected chi connectivity index (χ0v) is 28.7. The molecule has 3 rings (SSSR count). The van der Waals surface area contributed by atoms with Crippen LogP contribution >= 0.6 is 11.6 Å². The molecule has 0 spiro atoms. The molecule has 2 N–H and O–H groups in total. The first kappa shape index (κ1) is 34.5. The van der Waals surface area contributed by atoms with E-state index < -0.39 is 0 Å². The third-order valence-electron chi connectivity index (χ3n) is 10.4. The lowest BCUT2D eigenvalue weighted by atomic mass is 9.68. The van der Waals surface area contributed by atoms with Crippen LogP contribution in [0.3, 0.4) is 0 Å². The van der Waals surface area contributed by atoms with Gasteiger partial charge < -0.3 is 20.1 Å². The van der Waals surface area contributed by atoms with E-state index in [1.54, 1.807) is 14.2 Å². The van der Waals surface area contributed by atoms with Gasteiger partial charge in [-0.15, -0.1) is 0 Å². The van der Waals surface area contributed by atoms with Crippen LogP contribution in [0.4, 0.5) is 0 Å². The minimum Gasteiger partial charge on any atom is -0.385 e. The number of nitrogens with zero attached hydrogens (tertiary/aromatic N) is 5. The van der Waals surface area contributed by atoms with Gasteiger partial charge in [-0.25, -0.2) is 15.0 Å². The number of halogens is 1. The summed E-state index contributed by atoms with van der Waals surface area (Å²) in [7, 11) is 7.95. The molecule has 0 radical (unpaired) electrons. The van der Waals surface area contributed by atoms with Crippen LogP contribution in [0.15, 0.2) is 0 Å². The van der Waals surface area contributed by atoms with Crippen molar-refractivity contribution in [2.24, 2.45) is 0 Å². The Hall–Kier alpha value is -0.940. The average Bonchev–Trinajstić information content (AvgIpc) is 2.86. The quantitative estimate of drug-likeness (QED) is 0.340. The van der Waals surface area contributed by atoms with Crippen molar-refractivity contribution in [3.8, 4) is 0 Å². The summed E-state index contributed by atoms with van der Waals surface area (Å²) >= 11 is 6.78. The van der Waals surface area contributed by atoms with Crippen molar-refractivity contribution in [2.75, 3.05) is 54.6 Å². The molecule has 0 saturated carbocycles. The van der Waals surface area contributed by atoms with Gasteiger partial charge in [0.15, 0.2) is 0 Å². The molecule has 3 heterocycles. The number of likely N-dealkylation sites (tertiary alicyclic amines) is 2. The Balaban J connectivity index is 2.07. The molecule has 0 amide bonds. The normalized spacial score (nSPS) is 29.5. The molecule has 2 aliphatic rings. The zero-order chi connectivity index (χ0) is 30.8. The van der Waals surface area contributed by atoms with Gasteiger partial charge in [-0.1, -0.05) is 0 Å².